The molecule has 1 aliphatic rings. The Kier molecular flexibility index (Phi) is 1.86. The Morgan fingerprint density at radius 1 is 1.50 bits per heavy atom. The van der Waals surface area contributed by atoms with Gasteiger partial charge in [0, 0.05) is 12.8 Å². The highest BCUT2D eigenvalue weighted by atomic mass is 16.5. The van der Waals surface area contributed by atoms with E-state index in [9.17, 15) is 0 Å². The number of fused-ring (bicyclic) bond motifs is 1. The smallest absolute Gasteiger partial charge is 0.123 e. The summed E-state index contributed by atoms with van der Waals surface area (Å²) >= 11 is 0. The summed E-state index contributed by atoms with van der Waals surface area (Å²) < 4.78 is 5.64. The van der Waals surface area contributed by atoms with E-state index >= 15 is 0 Å². The molecule has 0 spiro atoms. The fourth-order valence-corrected chi connectivity index (χ4v) is 1.54. The molecule has 0 amide bonds. The number of rotatable bonds is 2. The van der Waals surface area contributed by atoms with E-state index < -0.39 is 0 Å². The Morgan fingerprint density at radius 2 is 2.33 bits per heavy atom. The van der Waals surface area contributed by atoms with Gasteiger partial charge >= 0.3 is 0 Å². The van der Waals surface area contributed by atoms with Gasteiger partial charge in [-0.05, 0) is 11.6 Å². The average molecular weight is 159 g/mol. The van der Waals surface area contributed by atoms with Crippen LogP contribution in [-0.4, -0.2) is 6.10 Å². The van der Waals surface area contributed by atoms with Crippen LogP contribution >= 0.6 is 0 Å². The number of benzene rings is 1. The first-order valence-electron chi connectivity index (χ1n) is 4.18. The molecule has 0 N–H and O–H groups in total. The number of hydrogen-bond acceptors (Lipinski definition) is 1. The van der Waals surface area contributed by atoms with E-state index in [1.165, 1.54) is 5.56 Å². The summed E-state index contributed by atoms with van der Waals surface area (Å²) in [6.07, 6.45) is 3.74. The van der Waals surface area contributed by atoms with Crippen LogP contribution in [0.1, 0.15) is 12.0 Å². The van der Waals surface area contributed by atoms with Gasteiger partial charge in [-0.1, -0.05) is 30.9 Å². The lowest BCUT2D eigenvalue weighted by atomic mass is 10.1. The summed E-state index contributed by atoms with van der Waals surface area (Å²) in [5.41, 5.74) is 1.30. The maximum Gasteiger partial charge on any atom is 0.123 e. The molecule has 12 heavy (non-hydrogen) atoms. The Labute approximate surface area is 72.7 Å². The summed E-state index contributed by atoms with van der Waals surface area (Å²) in [5.74, 6) is 1.02. The molecule has 61 valence electrons. The predicted molar refractivity (Wildman–Crippen MR) is 48.0 cm³/mol. The van der Waals surface area contributed by atoms with E-state index in [0.29, 0.717) is 0 Å². The van der Waals surface area contributed by atoms with Crippen molar-refractivity contribution in [1.82, 2.24) is 0 Å². The molecule has 1 aromatic carbocycles. The zero-order chi connectivity index (χ0) is 8.39. The van der Waals surface area contributed by atoms with Crippen LogP contribution < -0.4 is 4.74 Å². The summed E-state index contributed by atoms with van der Waals surface area (Å²) in [7, 11) is 0. The highest BCUT2D eigenvalue weighted by Crippen LogP contribution is 2.29. The molecule has 1 atom stereocenters. The van der Waals surface area contributed by atoms with Crippen molar-refractivity contribution in [3.8, 4) is 5.75 Å². The lowest BCUT2D eigenvalue weighted by Crippen LogP contribution is -2.10. The first kappa shape index (κ1) is 7.41. The second kappa shape index (κ2) is 3.02. The van der Waals surface area contributed by atoms with Crippen LogP contribution in [0.2, 0.25) is 0 Å². The Bertz CT molecular complexity index is 266. The van der Waals surface area contributed by atoms with Gasteiger partial charge in [-0.2, -0.15) is 0 Å². The molecule has 0 saturated heterocycles. The van der Waals surface area contributed by atoms with Gasteiger partial charge in [0.15, 0.2) is 0 Å². The Morgan fingerprint density at radius 3 is 3.08 bits per heavy atom. The molecule has 0 saturated carbocycles. The molecule has 0 aromatic heterocycles. The van der Waals surface area contributed by atoms with E-state index in [2.05, 4.69) is 6.07 Å². The third-order valence-corrected chi connectivity index (χ3v) is 2.11. The predicted octanol–water partition coefficient (Wildman–Crippen LogP) is 2.37. The molecule has 1 aliphatic heterocycles. The van der Waals surface area contributed by atoms with Gasteiger partial charge in [-0.3, -0.25) is 0 Å². The van der Waals surface area contributed by atoms with Gasteiger partial charge in [-0.25, -0.2) is 0 Å². The van der Waals surface area contributed by atoms with Crippen LogP contribution in [0.4, 0.5) is 0 Å². The highest BCUT2D eigenvalue weighted by molar-refractivity contribution is 5.37. The maximum absolute atomic E-state index is 5.64. The van der Waals surface area contributed by atoms with E-state index in [4.69, 9.17) is 11.3 Å². The normalized spacial score (nSPS) is 19.8. The van der Waals surface area contributed by atoms with Gasteiger partial charge in [0.05, 0.1) is 0 Å². The molecule has 0 bridgehead atoms. The molecular weight excluding hydrogens is 148 g/mol. The van der Waals surface area contributed by atoms with Crippen LogP contribution in [0, 0.1) is 6.58 Å². The Balaban J connectivity index is 2.16. The highest BCUT2D eigenvalue weighted by Gasteiger charge is 2.20. The average Bonchev–Trinajstić information content (AvgIpc) is 2.47. The quantitative estimate of drug-likeness (QED) is 0.643. The van der Waals surface area contributed by atoms with Crippen LogP contribution in [-0.2, 0) is 6.42 Å². The first-order valence-corrected chi connectivity index (χ1v) is 4.18. The van der Waals surface area contributed by atoms with Crippen molar-refractivity contribution in [2.24, 2.45) is 0 Å². The fourth-order valence-electron chi connectivity index (χ4n) is 1.54. The van der Waals surface area contributed by atoms with Gasteiger partial charge < -0.3 is 4.74 Å². The van der Waals surface area contributed by atoms with Gasteiger partial charge in [0.25, 0.3) is 0 Å². The van der Waals surface area contributed by atoms with Crippen molar-refractivity contribution in [3.05, 3.63) is 42.5 Å². The van der Waals surface area contributed by atoms with Gasteiger partial charge in [0.1, 0.15) is 11.9 Å². The molecule has 1 radical (unpaired) electrons. The van der Waals surface area contributed by atoms with Crippen LogP contribution in [0.15, 0.2) is 30.3 Å². The number of hydrogen-bond donors (Lipinski definition) is 0. The lowest BCUT2D eigenvalue weighted by molar-refractivity contribution is 0.236. The zero-order valence-electron chi connectivity index (χ0n) is 6.86. The minimum Gasteiger partial charge on any atom is -0.489 e. The summed E-state index contributed by atoms with van der Waals surface area (Å²) in [6.45, 7) is 5.34. The molecule has 0 aliphatic carbocycles. The van der Waals surface area contributed by atoms with E-state index in [1.807, 2.05) is 18.2 Å². The third kappa shape index (κ3) is 1.22. The molecule has 1 heteroatoms. The summed E-state index contributed by atoms with van der Waals surface area (Å²) in [6, 6.07) is 8.14. The zero-order valence-corrected chi connectivity index (χ0v) is 6.86. The van der Waals surface area contributed by atoms with Gasteiger partial charge in [0.2, 0.25) is 0 Å². The molecule has 1 aromatic rings. The SMILES string of the molecule is [CH]=CCC1Cc2ccccc2O1. The second-order valence-corrected chi connectivity index (χ2v) is 3.02. The van der Waals surface area contributed by atoms with Crippen molar-refractivity contribution in [1.29, 1.82) is 0 Å². The molecule has 0 fully saturated rings. The maximum atomic E-state index is 5.64. The molecular formula is C11H11O. The van der Waals surface area contributed by atoms with Crippen molar-refractivity contribution in [2.45, 2.75) is 18.9 Å². The first-order chi connectivity index (χ1) is 5.90. The minimum atomic E-state index is 0.257. The largest absolute Gasteiger partial charge is 0.489 e. The Hall–Kier alpha value is -1.24. The number of para-hydroxylation sites is 1. The van der Waals surface area contributed by atoms with E-state index in [1.54, 1.807) is 6.08 Å². The van der Waals surface area contributed by atoms with Gasteiger partial charge in [-0.15, -0.1) is 0 Å². The van der Waals surface area contributed by atoms with Crippen molar-refractivity contribution in [2.75, 3.05) is 0 Å². The summed E-state index contributed by atoms with van der Waals surface area (Å²) in [5, 5.41) is 0. The minimum absolute atomic E-state index is 0.257. The second-order valence-electron chi connectivity index (χ2n) is 3.02. The molecule has 2 rings (SSSR count). The van der Waals surface area contributed by atoms with Crippen molar-refractivity contribution < 1.29 is 4.74 Å². The standard InChI is InChI=1S/C11H11O/c1-2-5-10-8-9-6-3-4-7-11(9)12-10/h1-4,6-7,10H,5,8H2. The van der Waals surface area contributed by atoms with Crippen molar-refractivity contribution >= 4 is 0 Å². The summed E-state index contributed by atoms with van der Waals surface area (Å²) in [4.78, 5) is 0. The lowest BCUT2D eigenvalue weighted by Gasteiger charge is -2.05. The molecule has 1 heterocycles. The fraction of sp³-hybridized carbons (Fsp3) is 0.273. The van der Waals surface area contributed by atoms with Crippen LogP contribution in [0.25, 0.3) is 0 Å². The molecule has 1 unspecified atom stereocenters. The van der Waals surface area contributed by atoms with E-state index in [-0.39, 0.29) is 6.10 Å². The topological polar surface area (TPSA) is 9.23 Å². The van der Waals surface area contributed by atoms with Crippen LogP contribution in [0.3, 0.4) is 0 Å². The molecule has 1 nitrogen and oxygen atoms in total. The third-order valence-electron chi connectivity index (χ3n) is 2.11. The van der Waals surface area contributed by atoms with Crippen molar-refractivity contribution in [3.63, 3.8) is 0 Å². The number of ether oxygens (including phenoxy) is 1. The monoisotopic (exact) mass is 159 g/mol. The van der Waals surface area contributed by atoms with E-state index in [0.717, 1.165) is 18.6 Å². The van der Waals surface area contributed by atoms with Crippen LogP contribution in [0.5, 0.6) is 5.75 Å².